The van der Waals surface area contributed by atoms with Gasteiger partial charge in [0.05, 0.1) is 6.42 Å². The van der Waals surface area contributed by atoms with Crippen molar-refractivity contribution in [3.8, 4) is 0 Å². The van der Waals surface area contributed by atoms with E-state index in [1.54, 1.807) is 17.3 Å². The van der Waals surface area contributed by atoms with Crippen LogP contribution in [0, 0.1) is 0 Å². The number of likely N-dealkylation sites (N-methyl/N-ethyl adjacent to an activating group) is 1. The standard InChI is InChI=1S/C16H18N2OS/c1-18(11-8-13-6-9-17-10-7-13)16(19)12-14-2-4-15(20)5-3-14/h2-7,9-10,20H,8,11-12H2,1H3. The van der Waals surface area contributed by atoms with E-state index >= 15 is 0 Å². The third-order valence-corrected chi connectivity index (χ3v) is 3.50. The Morgan fingerprint density at radius 3 is 2.40 bits per heavy atom. The van der Waals surface area contributed by atoms with Crippen LogP contribution in [-0.2, 0) is 17.6 Å². The highest BCUT2D eigenvalue weighted by Gasteiger charge is 2.09. The molecular weight excluding hydrogens is 268 g/mol. The van der Waals surface area contributed by atoms with Gasteiger partial charge < -0.3 is 4.90 Å². The summed E-state index contributed by atoms with van der Waals surface area (Å²) in [5.74, 6) is 0.131. The average molecular weight is 286 g/mol. The van der Waals surface area contributed by atoms with Gasteiger partial charge in [0.2, 0.25) is 5.91 Å². The molecule has 0 N–H and O–H groups in total. The average Bonchev–Trinajstić information content (AvgIpc) is 2.48. The molecule has 3 nitrogen and oxygen atoms in total. The minimum absolute atomic E-state index is 0.131. The zero-order chi connectivity index (χ0) is 14.4. The maximum Gasteiger partial charge on any atom is 0.226 e. The van der Waals surface area contributed by atoms with Crippen molar-refractivity contribution in [3.05, 3.63) is 59.9 Å². The summed E-state index contributed by atoms with van der Waals surface area (Å²) in [6, 6.07) is 11.6. The minimum atomic E-state index is 0.131. The molecule has 0 aliphatic heterocycles. The number of nitrogens with zero attached hydrogens (tertiary/aromatic N) is 2. The summed E-state index contributed by atoms with van der Waals surface area (Å²) in [4.78, 5) is 18.8. The number of carbonyl (C=O) groups excluding carboxylic acids is 1. The number of carbonyl (C=O) groups is 1. The van der Waals surface area contributed by atoms with Crippen molar-refractivity contribution in [1.29, 1.82) is 0 Å². The van der Waals surface area contributed by atoms with Gasteiger partial charge in [-0.15, -0.1) is 12.6 Å². The van der Waals surface area contributed by atoms with Crippen LogP contribution in [0.5, 0.6) is 0 Å². The van der Waals surface area contributed by atoms with Crippen LogP contribution in [0.1, 0.15) is 11.1 Å². The monoisotopic (exact) mass is 286 g/mol. The molecule has 1 aromatic heterocycles. The van der Waals surface area contributed by atoms with Crippen LogP contribution >= 0.6 is 12.6 Å². The van der Waals surface area contributed by atoms with E-state index < -0.39 is 0 Å². The highest BCUT2D eigenvalue weighted by Crippen LogP contribution is 2.09. The van der Waals surface area contributed by atoms with E-state index in [0.717, 1.165) is 16.9 Å². The molecule has 0 saturated heterocycles. The van der Waals surface area contributed by atoms with Gasteiger partial charge in [-0.25, -0.2) is 0 Å². The Kier molecular flexibility index (Phi) is 5.18. The molecule has 1 amide bonds. The van der Waals surface area contributed by atoms with E-state index in [0.29, 0.717) is 13.0 Å². The number of rotatable bonds is 5. The Labute approximate surface area is 125 Å². The normalized spacial score (nSPS) is 10.3. The molecule has 0 saturated carbocycles. The quantitative estimate of drug-likeness (QED) is 0.857. The highest BCUT2D eigenvalue weighted by atomic mass is 32.1. The molecule has 2 rings (SSSR count). The van der Waals surface area contributed by atoms with Crippen molar-refractivity contribution in [1.82, 2.24) is 9.88 Å². The van der Waals surface area contributed by atoms with Crippen LogP contribution < -0.4 is 0 Å². The molecule has 0 unspecified atom stereocenters. The third-order valence-electron chi connectivity index (χ3n) is 3.20. The molecule has 0 aliphatic rings. The number of amides is 1. The second kappa shape index (κ2) is 7.10. The van der Waals surface area contributed by atoms with Gasteiger partial charge in [0.25, 0.3) is 0 Å². The summed E-state index contributed by atoms with van der Waals surface area (Å²) >= 11 is 4.24. The van der Waals surface area contributed by atoms with Crippen molar-refractivity contribution >= 4 is 18.5 Å². The number of thiol groups is 1. The number of aromatic nitrogens is 1. The first kappa shape index (κ1) is 14.6. The molecule has 0 fully saturated rings. The van der Waals surface area contributed by atoms with Gasteiger partial charge in [0, 0.05) is 30.9 Å². The largest absolute Gasteiger partial charge is 0.345 e. The van der Waals surface area contributed by atoms with E-state index in [9.17, 15) is 4.79 Å². The minimum Gasteiger partial charge on any atom is -0.345 e. The fourth-order valence-electron chi connectivity index (χ4n) is 1.89. The summed E-state index contributed by atoms with van der Waals surface area (Å²) in [6.07, 6.45) is 4.83. The van der Waals surface area contributed by atoms with Crippen LogP contribution in [0.4, 0.5) is 0 Å². The predicted octanol–water partition coefficient (Wildman–Crippen LogP) is 2.61. The lowest BCUT2D eigenvalue weighted by Crippen LogP contribution is -2.30. The fraction of sp³-hybridized carbons (Fsp3) is 0.250. The molecule has 20 heavy (non-hydrogen) atoms. The van der Waals surface area contributed by atoms with Gasteiger partial charge >= 0.3 is 0 Å². The van der Waals surface area contributed by atoms with Crippen molar-refractivity contribution < 1.29 is 4.79 Å². The van der Waals surface area contributed by atoms with Crippen LogP contribution in [0.3, 0.4) is 0 Å². The highest BCUT2D eigenvalue weighted by molar-refractivity contribution is 7.80. The Morgan fingerprint density at radius 2 is 1.75 bits per heavy atom. The second-order valence-electron chi connectivity index (χ2n) is 4.76. The fourth-order valence-corrected chi connectivity index (χ4v) is 2.04. The first-order valence-electron chi connectivity index (χ1n) is 6.56. The van der Waals surface area contributed by atoms with Gasteiger partial charge in [-0.1, -0.05) is 12.1 Å². The lowest BCUT2D eigenvalue weighted by molar-refractivity contribution is -0.129. The zero-order valence-electron chi connectivity index (χ0n) is 11.5. The molecule has 2 aromatic rings. The molecule has 4 heteroatoms. The van der Waals surface area contributed by atoms with E-state index in [-0.39, 0.29) is 5.91 Å². The van der Waals surface area contributed by atoms with Gasteiger partial charge in [-0.3, -0.25) is 9.78 Å². The third kappa shape index (κ3) is 4.38. The van der Waals surface area contributed by atoms with E-state index in [4.69, 9.17) is 0 Å². The van der Waals surface area contributed by atoms with Crippen LogP contribution in [0.15, 0.2) is 53.7 Å². The Bertz CT molecular complexity index is 554. The Hall–Kier alpha value is -1.81. The Balaban J connectivity index is 1.84. The van der Waals surface area contributed by atoms with E-state index in [2.05, 4.69) is 17.6 Å². The molecule has 0 aliphatic carbocycles. The van der Waals surface area contributed by atoms with Crippen molar-refractivity contribution in [2.24, 2.45) is 0 Å². The van der Waals surface area contributed by atoms with Crippen LogP contribution in [0.25, 0.3) is 0 Å². The number of benzene rings is 1. The van der Waals surface area contributed by atoms with Gasteiger partial charge in [0.15, 0.2) is 0 Å². The molecule has 1 heterocycles. The summed E-state index contributed by atoms with van der Waals surface area (Å²) in [6.45, 7) is 0.716. The maximum absolute atomic E-state index is 12.1. The number of hydrogen-bond donors (Lipinski definition) is 1. The lowest BCUT2D eigenvalue weighted by atomic mass is 10.1. The van der Waals surface area contributed by atoms with Crippen molar-refractivity contribution in [2.45, 2.75) is 17.7 Å². The van der Waals surface area contributed by atoms with Crippen LogP contribution in [-0.4, -0.2) is 29.4 Å². The zero-order valence-corrected chi connectivity index (χ0v) is 12.4. The Morgan fingerprint density at radius 1 is 1.10 bits per heavy atom. The summed E-state index contributed by atoms with van der Waals surface area (Å²) in [5, 5.41) is 0. The summed E-state index contributed by atoms with van der Waals surface area (Å²) in [7, 11) is 1.84. The van der Waals surface area contributed by atoms with Gasteiger partial charge in [0.1, 0.15) is 0 Å². The number of pyridine rings is 1. The summed E-state index contributed by atoms with van der Waals surface area (Å²) < 4.78 is 0. The molecular formula is C16H18N2OS. The van der Waals surface area contributed by atoms with E-state index in [1.807, 2.05) is 43.4 Å². The second-order valence-corrected chi connectivity index (χ2v) is 5.28. The molecule has 0 atom stereocenters. The van der Waals surface area contributed by atoms with Gasteiger partial charge in [-0.05, 0) is 41.8 Å². The number of hydrogen-bond acceptors (Lipinski definition) is 3. The van der Waals surface area contributed by atoms with Crippen LogP contribution in [0.2, 0.25) is 0 Å². The smallest absolute Gasteiger partial charge is 0.226 e. The SMILES string of the molecule is CN(CCc1ccncc1)C(=O)Cc1ccc(S)cc1. The predicted molar refractivity (Wildman–Crippen MR) is 83.0 cm³/mol. The van der Waals surface area contributed by atoms with Crippen molar-refractivity contribution in [2.75, 3.05) is 13.6 Å². The first-order valence-corrected chi connectivity index (χ1v) is 7.00. The molecule has 0 bridgehead atoms. The van der Waals surface area contributed by atoms with Crippen molar-refractivity contribution in [3.63, 3.8) is 0 Å². The maximum atomic E-state index is 12.1. The molecule has 104 valence electrons. The molecule has 0 radical (unpaired) electrons. The van der Waals surface area contributed by atoms with E-state index in [1.165, 1.54) is 5.56 Å². The summed E-state index contributed by atoms with van der Waals surface area (Å²) in [5.41, 5.74) is 2.21. The molecule has 1 aromatic carbocycles. The van der Waals surface area contributed by atoms with Gasteiger partial charge in [-0.2, -0.15) is 0 Å². The topological polar surface area (TPSA) is 33.2 Å². The molecule has 0 spiro atoms. The lowest BCUT2D eigenvalue weighted by Gasteiger charge is -2.17. The first-order chi connectivity index (χ1) is 9.65.